The highest BCUT2D eigenvalue weighted by Gasteiger charge is 2.52. The van der Waals surface area contributed by atoms with Crippen molar-refractivity contribution in [1.29, 1.82) is 0 Å². The quantitative estimate of drug-likeness (QED) is 0.904. The highest BCUT2D eigenvalue weighted by Crippen LogP contribution is 2.59. The van der Waals surface area contributed by atoms with Gasteiger partial charge in [-0.1, -0.05) is 0 Å². The Morgan fingerprint density at radius 1 is 1.00 bits per heavy atom. The topological polar surface area (TPSA) is 29.9 Å². The molecule has 6 rings (SSSR count). The molecule has 4 bridgehead atoms. The van der Waals surface area contributed by atoms with E-state index in [1.807, 2.05) is 0 Å². The van der Waals surface area contributed by atoms with Gasteiger partial charge in [0, 0.05) is 23.3 Å². The minimum Gasteiger partial charge on any atom is -0.328 e. The summed E-state index contributed by atoms with van der Waals surface area (Å²) in [6, 6.07) is 0. The fourth-order valence-corrected chi connectivity index (χ4v) is 6.48. The lowest BCUT2D eigenvalue weighted by molar-refractivity contribution is -0.0449. The highest BCUT2D eigenvalue weighted by molar-refractivity contribution is 5.15. The number of nitrogens with one attached hydrogen (secondary N) is 1. The van der Waals surface area contributed by atoms with Crippen LogP contribution in [-0.2, 0) is 5.54 Å². The summed E-state index contributed by atoms with van der Waals surface area (Å²) in [6.07, 6.45) is 15.8. The summed E-state index contributed by atoms with van der Waals surface area (Å²) >= 11 is 0. The van der Waals surface area contributed by atoms with Gasteiger partial charge in [-0.25, -0.2) is 4.98 Å². The molecule has 5 fully saturated rings. The van der Waals surface area contributed by atoms with Crippen LogP contribution in [0, 0.1) is 17.8 Å². The second-order valence-corrected chi connectivity index (χ2v) is 8.35. The monoisotopic (exact) mass is 285 g/mol. The van der Waals surface area contributed by atoms with E-state index in [1.54, 1.807) is 5.69 Å². The molecule has 1 aromatic rings. The van der Waals surface area contributed by atoms with Crippen molar-refractivity contribution in [1.82, 2.24) is 14.9 Å². The first-order chi connectivity index (χ1) is 10.3. The molecule has 5 aliphatic rings. The summed E-state index contributed by atoms with van der Waals surface area (Å²) in [5.41, 5.74) is 2.00. The lowest BCUT2D eigenvalue weighted by atomic mass is 9.53. The third kappa shape index (κ3) is 1.93. The van der Waals surface area contributed by atoms with Gasteiger partial charge in [0.1, 0.15) is 0 Å². The number of imidazole rings is 1. The van der Waals surface area contributed by atoms with E-state index in [-0.39, 0.29) is 0 Å². The van der Waals surface area contributed by atoms with E-state index in [0.717, 1.165) is 23.7 Å². The number of nitrogens with zero attached hydrogens (tertiary/aromatic N) is 2. The first kappa shape index (κ1) is 12.7. The molecule has 4 aliphatic carbocycles. The van der Waals surface area contributed by atoms with Gasteiger partial charge in [-0.2, -0.15) is 0 Å². The number of hydrogen-bond donors (Lipinski definition) is 1. The maximum absolute atomic E-state index is 4.60. The molecule has 1 saturated heterocycles. The van der Waals surface area contributed by atoms with Crippen molar-refractivity contribution in [2.24, 2.45) is 17.8 Å². The van der Waals surface area contributed by atoms with E-state index in [9.17, 15) is 0 Å². The van der Waals surface area contributed by atoms with Crippen molar-refractivity contribution in [3.05, 3.63) is 18.2 Å². The van der Waals surface area contributed by atoms with Crippen LogP contribution in [0.3, 0.4) is 0 Å². The van der Waals surface area contributed by atoms with Crippen LogP contribution in [0.5, 0.6) is 0 Å². The lowest BCUT2D eigenvalue weighted by Gasteiger charge is -2.57. The van der Waals surface area contributed by atoms with Gasteiger partial charge in [-0.15, -0.1) is 0 Å². The number of hydrogen-bond acceptors (Lipinski definition) is 2. The van der Waals surface area contributed by atoms with E-state index >= 15 is 0 Å². The molecule has 0 amide bonds. The summed E-state index contributed by atoms with van der Waals surface area (Å²) < 4.78 is 2.67. The summed E-state index contributed by atoms with van der Waals surface area (Å²) in [4.78, 5) is 4.60. The average molecular weight is 285 g/mol. The first-order valence-electron chi connectivity index (χ1n) is 9.06. The van der Waals surface area contributed by atoms with E-state index in [0.29, 0.717) is 5.54 Å². The van der Waals surface area contributed by atoms with Crippen LogP contribution in [0.15, 0.2) is 12.5 Å². The third-order valence-electron chi connectivity index (χ3n) is 6.94. The molecular weight excluding hydrogens is 258 g/mol. The second-order valence-electron chi connectivity index (χ2n) is 8.35. The van der Waals surface area contributed by atoms with Gasteiger partial charge in [0.25, 0.3) is 0 Å². The molecule has 4 saturated carbocycles. The Labute approximate surface area is 127 Å². The molecule has 0 aromatic carbocycles. The summed E-state index contributed by atoms with van der Waals surface area (Å²) in [5.74, 6) is 3.78. The molecule has 0 atom stereocenters. The standard InChI is InChI=1S/C18H27N3/c1-3-19-4-2-16(1)17-11-20-12-21(17)18-8-13-5-14(9-18)7-15(6-13)10-18/h11-16,19H,1-10H2. The predicted molar refractivity (Wildman–Crippen MR) is 83.2 cm³/mol. The van der Waals surface area contributed by atoms with E-state index in [4.69, 9.17) is 0 Å². The molecule has 21 heavy (non-hydrogen) atoms. The molecular formula is C18H27N3. The van der Waals surface area contributed by atoms with Crippen molar-refractivity contribution < 1.29 is 0 Å². The fourth-order valence-electron chi connectivity index (χ4n) is 6.48. The summed E-state index contributed by atoms with van der Waals surface area (Å²) in [6.45, 7) is 2.35. The SMILES string of the molecule is c1ncn(C23CC4CC(CC(C4)C2)C3)c1C1CCNCC1. The molecule has 114 valence electrons. The highest BCUT2D eigenvalue weighted by atomic mass is 15.1. The average Bonchev–Trinajstić information content (AvgIpc) is 2.97. The zero-order chi connectivity index (χ0) is 13.9. The second kappa shape index (κ2) is 4.58. The van der Waals surface area contributed by atoms with E-state index < -0.39 is 0 Å². The minimum atomic E-state index is 0.450. The molecule has 1 aromatic heterocycles. The zero-order valence-corrected chi connectivity index (χ0v) is 12.9. The molecule has 2 heterocycles. The van der Waals surface area contributed by atoms with Gasteiger partial charge < -0.3 is 9.88 Å². The van der Waals surface area contributed by atoms with Crippen LogP contribution >= 0.6 is 0 Å². The fraction of sp³-hybridized carbons (Fsp3) is 0.833. The number of aromatic nitrogens is 2. The first-order valence-corrected chi connectivity index (χ1v) is 9.06. The molecule has 3 nitrogen and oxygen atoms in total. The molecule has 3 heteroatoms. The van der Waals surface area contributed by atoms with Crippen LogP contribution in [0.4, 0.5) is 0 Å². The normalized spacial score (nSPS) is 42.6. The molecule has 1 aliphatic heterocycles. The lowest BCUT2D eigenvalue weighted by Crippen LogP contribution is -2.52. The molecule has 0 unspecified atom stereocenters. The maximum atomic E-state index is 4.60. The van der Waals surface area contributed by atoms with Crippen molar-refractivity contribution in [3.63, 3.8) is 0 Å². The maximum Gasteiger partial charge on any atom is 0.0953 e. The van der Waals surface area contributed by atoms with Crippen LogP contribution in [0.2, 0.25) is 0 Å². The third-order valence-corrected chi connectivity index (χ3v) is 6.94. The smallest absolute Gasteiger partial charge is 0.0953 e. The minimum absolute atomic E-state index is 0.450. The summed E-state index contributed by atoms with van der Waals surface area (Å²) in [5, 5.41) is 3.50. The van der Waals surface area contributed by atoms with Crippen LogP contribution in [0.1, 0.15) is 63.0 Å². The van der Waals surface area contributed by atoms with Crippen molar-refractivity contribution in [3.8, 4) is 0 Å². The zero-order valence-electron chi connectivity index (χ0n) is 12.9. The van der Waals surface area contributed by atoms with Gasteiger partial charge in [0.05, 0.1) is 6.33 Å². The summed E-state index contributed by atoms with van der Waals surface area (Å²) in [7, 11) is 0. The van der Waals surface area contributed by atoms with E-state index in [1.165, 1.54) is 64.5 Å². The van der Waals surface area contributed by atoms with Crippen molar-refractivity contribution in [2.75, 3.05) is 13.1 Å². The van der Waals surface area contributed by atoms with Gasteiger partial charge in [-0.3, -0.25) is 0 Å². The molecule has 0 radical (unpaired) electrons. The number of piperidine rings is 1. The van der Waals surface area contributed by atoms with Gasteiger partial charge >= 0.3 is 0 Å². The Balaban J connectivity index is 1.51. The van der Waals surface area contributed by atoms with Gasteiger partial charge in [-0.05, 0) is 82.2 Å². The van der Waals surface area contributed by atoms with Crippen LogP contribution in [-0.4, -0.2) is 22.6 Å². The molecule has 1 N–H and O–H groups in total. The van der Waals surface area contributed by atoms with Gasteiger partial charge in [0.2, 0.25) is 0 Å². The Bertz CT molecular complexity index is 491. The molecule has 0 spiro atoms. The Morgan fingerprint density at radius 2 is 1.62 bits per heavy atom. The van der Waals surface area contributed by atoms with Crippen LogP contribution < -0.4 is 5.32 Å². The van der Waals surface area contributed by atoms with Crippen molar-refractivity contribution >= 4 is 0 Å². The Morgan fingerprint density at radius 3 is 2.24 bits per heavy atom. The van der Waals surface area contributed by atoms with E-state index in [2.05, 4.69) is 27.4 Å². The Kier molecular flexibility index (Phi) is 2.77. The van der Waals surface area contributed by atoms with Crippen LogP contribution in [0.25, 0.3) is 0 Å². The largest absolute Gasteiger partial charge is 0.328 e. The Hall–Kier alpha value is -0.830. The predicted octanol–water partition coefficient (Wildman–Crippen LogP) is 3.28. The van der Waals surface area contributed by atoms with Gasteiger partial charge in [0.15, 0.2) is 0 Å². The number of rotatable bonds is 2. The van der Waals surface area contributed by atoms with Crippen molar-refractivity contribution in [2.45, 2.75) is 62.8 Å².